The minimum atomic E-state index is -0.477. The third kappa shape index (κ3) is 4.10. The molecule has 3 atom stereocenters. The summed E-state index contributed by atoms with van der Waals surface area (Å²) < 4.78 is 5.89. The van der Waals surface area contributed by atoms with Crippen LogP contribution in [0.3, 0.4) is 0 Å². The molecule has 0 heterocycles. The van der Waals surface area contributed by atoms with E-state index in [1.165, 1.54) is 0 Å². The summed E-state index contributed by atoms with van der Waals surface area (Å²) in [5, 5.41) is 14.4. The lowest BCUT2D eigenvalue weighted by molar-refractivity contribution is -0.0171. The van der Waals surface area contributed by atoms with Gasteiger partial charge in [0.15, 0.2) is 0 Å². The third-order valence-corrected chi connectivity index (χ3v) is 3.66. The summed E-state index contributed by atoms with van der Waals surface area (Å²) in [5.74, 6) is 0.724. The fourth-order valence-corrected chi connectivity index (χ4v) is 2.77. The molecule has 0 saturated heterocycles. The molecule has 0 amide bonds. The molecule has 3 nitrogen and oxygen atoms in total. The summed E-state index contributed by atoms with van der Waals surface area (Å²) in [6.07, 6.45) is 2.30. The lowest BCUT2D eigenvalue weighted by Crippen LogP contribution is -2.52. The molecule has 0 aliphatic heterocycles. The Bertz CT molecular complexity index is 411. The molecule has 2 rings (SSSR count). The average molecular weight is 284 g/mol. The first-order valence-electron chi connectivity index (χ1n) is 6.92. The van der Waals surface area contributed by atoms with Gasteiger partial charge in [-0.1, -0.05) is 31.5 Å². The van der Waals surface area contributed by atoms with E-state index in [-0.39, 0.29) is 12.1 Å². The Morgan fingerprint density at radius 1 is 1.37 bits per heavy atom. The summed E-state index contributed by atoms with van der Waals surface area (Å²) in [7, 11) is 0. The Labute approximate surface area is 119 Å². The number of hydrogen-bond acceptors (Lipinski definition) is 3. The number of hydrogen-bond donors (Lipinski definition) is 2. The Morgan fingerprint density at radius 2 is 2.16 bits per heavy atom. The maximum absolute atomic E-state index is 10.4. The summed E-state index contributed by atoms with van der Waals surface area (Å²) in [5.41, 5.74) is 0. The number of aliphatic hydroxyl groups excluding tert-OH is 1. The Hall–Kier alpha value is -0.770. The Kier molecular flexibility index (Phi) is 5.08. The van der Waals surface area contributed by atoms with E-state index in [4.69, 9.17) is 16.3 Å². The second-order valence-electron chi connectivity index (χ2n) is 5.46. The van der Waals surface area contributed by atoms with Crippen molar-refractivity contribution in [1.82, 2.24) is 5.32 Å². The first kappa shape index (κ1) is 14.6. The first-order valence-corrected chi connectivity index (χ1v) is 7.30. The zero-order valence-corrected chi connectivity index (χ0v) is 12.2. The molecule has 2 N–H and O–H groups in total. The lowest BCUT2D eigenvalue weighted by Gasteiger charge is -2.36. The van der Waals surface area contributed by atoms with Crippen molar-refractivity contribution in [2.24, 2.45) is 0 Å². The molecule has 1 aliphatic rings. The maximum Gasteiger partial charge on any atom is 0.126 e. The van der Waals surface area contributed by atoms with Crippen molar-refractivity contribution in [3.05, 3.63) is 29.3 Å². The highest BCUT2D eigenvalue weighted by molar-refractivity contribution is 6.30. The number of rotatable bonds is 4. The van der Waals surface area contributed by atoms with Crippen LogP contribution in [0.5, 0.6) is 5.75 Å². The molecular weight excluding hydrogens is 262 g/mol. The number of halogens is 1. The van der Waals surface area contributed by atoms with Gasteiger partial charge in [-0.05, 0) is 37.5 Å². The molecule has 0 spiro atoms. The van der Waals surface area contributed by atoms with Crippen LogP contribution in [0.2, 0.25) is 5.02 Å². The summed E-state index contributed by atoms with van der Waals surface area (Å²) in [6, 6.07) is 7.81. The standard InChI is InChI=1S/C15H22ClNO2/c1-10(2)17-13-7-4-8-14(15(13)18)19-12-6-3-5-11(16)9-12/h3,5-6,9-10,13-15,17-18H,4,7-8H2,1-2H3. The van der Waals surface area contributed by atoms with Crippen LogP contribution in [-0.2, 0) is 0 Å². The van der Waals surface area contributed by atoms with Gasteiger partial charge in [0, 0.05) is 17.1 Å². The highest BCUT2D eigenvalue weighted by atomic mass is 35.5. The third-order valence-electron chi connectivity index (χ3n) is 3.43. The van der Waals surface area contributed by atoms with Gasteiger partial charge in [0.1, 0.15) is 18.0 Å². The van der Waals surface area contributed by atoms with Crippen LogP contribution in [0.25, 0.3) is 0 Å². The minimum Gasteiger partial charge on any atom is -0.488 e. The zero-order chi connectivity index (χ0) is 13.8. The van der Waals surface area contributed by atoms with E-state index in [9.17, 15) is 5.11 Å². The molecule has 106 valence electrons. The van der Waals surface area contributed by atoms with Crippen molar-refractivity contribution >= 4 is 11.6 Å². The van der Waals surface area contributed by atoms with E-state index in [0.717, 1.165) is 25.0 Å². The van der Waals surface area contributed by atoms with Gasteiger partial charge < -0.3 is 15.2 Å². The van der Waals surface area contributed by atoms with Crippen molar-refractivity contribution in [2.75, 3.05) is 0 Å². The molecule has 1 aromatic rings. The van der Waals surface area contributed by atoms with Gasteiger partial charge in [-0.2, -0.15) is 0 Å². The van der Waals surface area contributed by atoms with Crippen LogP contribution in [0.1, 0.15) is 33.1 Å². The predicted molar refractivity (Wildman–Crippen MR) is 77.8 cm³/mol. The molecule has 4 heteroatoms. The maximum atomic E-state index is 10.4. The molecule has 3 unspecified atom stereocenters. The van der Waals surface area contributed by atoms with Gasteiger partial charge in [-0.15, -0.1) is 0 Å². The highest BCUT2D eigenvalue weighted by Crippen LogP contribution is 2.26. The first-order chi connectivity index (χ1) is 9.06. The Balaban J connectivity index is 1.99. The normalized spacial score (nSPS) is 27.5. The zero-order valence-electron chi connectivity index (χ0n) is 11.5. The second-order valence-corrected chi connectivity index (χ2v) is 5.90. The van der Waals surface area contributed by atoms with E-state index in [1.54, 1.807) is 6.07 Å². The van der Waals surface area contributed by atoms with Gasteiger partial charge in [0.25, 0.3) is 0 Å². The molecular formula is C15H22ClNO2. The van der Waals surface area contributed by atoms with Gasteiger partial charge in [0.05, 0.1) is 0 Å². The smallest absolute Gasteiger partial charge is 0.126 e. The average Bonchev–Trinajstić information content (AvgIpc) is 2.34. The predicted octanol–water partition coefficient (Wildman–Crippen LogP) is 3.00. The highest BCUT2D eigenvalue weighted by Gasteiger charge is 2.33. The van der Waals surface area contributed by atoms with Crippen LogP contribution in [0.4, 0.5) is 0 Å². The molecule has 1 saturated carbocycles. The van der Waals surface area contributed by atoms with Crippen LogP contribution in [0.15, 0.2) is 24.3 Å². The van der Waals surface area contributed by atoms with Crippen molar-refractivity contribution in [2.45, 2.75) is 57.4 Å². The summed E-state index contributed by atoms with van der Waals surface area (Å²) in [4.78, 5) is 0. The number of aliphatic hydroxyl groups is 1. The molecule has 0 bridgehead atoms. The fraction of sp³-hybridized carbons (Fsp3) is 0.600. The fourth-order valence-electron chi connectivity index (χ4n) is 2.59. The van der Waals surface area contributed by atoms with Crippen molar-refractivity contribution in [3.8, 4) is 5.75 Å². The molecule has 1 aromatic carbocycles. The SMILES string of the molecule is CC(C)NC1CCCC(Oc2cccc(Cl)c2)C1O. The van der Waals surface area contributed by atoms with Gasteiger partial charge in [-0.25, -0.2) is 0 Å². The van der Waals surface area contributed by atoms with E-state index in [0.29, 0.717) is 11.1 Å². The number of ether oxygens (including phenoxy) is 1. The monoisotopic (exact) mass is 283 g/mol. The minimum absolute atomic E-state index is 0.109. The van der Waals surface area contributed by atoms with Crippen LogP contribution in [0, 0.1) is 0 Å². The quantitative estimate of drug-likeness (QED) is 0.893. The second kappa shape index (κ2) is 6.60. The summed E-state index contributed by atoms with van der Waals surface area (Å²) in [6.45, 7) is 4.18. The van der Waals surface area contributed by atoms with Crippen LogP contribution in [-0.4, -0.2) is 29.4 Å². The van der Waals surface area contributed by atoms with E-state index in [2.05, 4.69) is 19.2 Å². The molecule has 19 heavy (non-hydrogen) atoms. The van der Waals surface area contributed by atoms with E-state index < -0.39 is 6.10 Å². The number of benzene rings is 1. The summed E-state index contributed by atoms with van der Waals surface area (Å²) >= 11 is 5.94. The number of nitrogens with one attached hydrogen (secondary N) is 1. The Morgan fingerprint density at radius 3 is 2.84 bits per heavy atom. The topological polar surface area (TPSA) is 41.5 Å². The van der Waals surface area contributed by atoms with Crippen molar-refractivity contribution in [1.29, 1.82) is 0 Å². The molecule has 0 aromatic heterocycles. The van der Waals surface area contributed by atoms with Crippen LogP contribution >= 0.6 is 11.6 Å². The van der Waals surface area contributed by atoms with Gasteiger partial charge in [0.2, 0.25) is 0 Å². The lowest BCUT2D eigenvalue weighted by atomic mass is 9.89. The molecule has 1 fully saturated rings. The molecule has 1 aliphatic carbocycles. The largest absolute Gasteiger partial charge is 0.488 e. The van der Waals surface area contributed by atoms with Crippen molar-refractivity contribution in [3.63, 3.8) is 0 Å². The molecule has 0 radical (unpaired) electrons. The van der Waals surface area contributed by atoms with Gasteiger partial charge in [-0.3, -0.25) is 0 Å². The van der Waals surface area contributed by atoms with E-state index >= 15 is 0 Å². The van der Waals surface area contributed by atoms with Crippen LogP contribution < -0.4 is 10.1 Å². The van der Waals surface area contributed by atoms with Crippen molar-refractivity contribution < 1.29 is 9.84 Å². The van der Waals surface area contributed by atoms with Gasteiger partial charge >= 0.3 is 0 Å². The van der Waals surface area contributed by atoms with E-state index in [1.807, 2.05) is 18.2 Å².